The van der Waals surface area contributed by atoms with Crippen LogP contribution in [-0.4, -0.2) is 49.2 Å². The molecular weight excluding hydrogens is 463 g/mol. The van der Waals surface area contributed by atoms with Crippen LogP contribution in [-0.2, 0) is 11.0 Å². The van der Waals surface area contributed by atoms with Crippen molar-refractivity contribution >= 4 is 24.1 Å². The molecule has 1 aliphatic heterocycles. The van der Waals surface area contributed by atoms with E-state index in [-0.39, 0.29) is 18.7 Å². The van der Waals surface area contributed by atoms with Gasteiger partial charge >= 0.3 is 12.2 Å². The highest BCUT2D eigenvalue weighted by atomic mass is 19.4. The van der Waals surface area contributed by atoms with Crippen molar-refractivity contribution in [3.05, 3.63) is 71.3 Å². The van der Waals surface area contributed by atoms with Crippen LogP contribution in [0.3, 0.4) is 0 Å². The maximum Gasteiger partial charge on any atom is 0.416 e. The van der Waals surface area contributed by atoms with Gasteiger partial charge in [-0.3, -0.25) is 14.9 Å². The first-order chi connectivity index (χ1) is 16.6. The zero-order chi connectivity index (χ0) is 25.6. The van der Waals surface area contributed by atoms with Crippen LogP contribution in [0.25, 0.3) is 11.1 Å². The van der Waals surface area contributed by atoms with E-state index in [9.17, 15) is 27.6 Å². The largest absolute Gasteiger partial charge is 0.416 e. The van der Waals surface area contributed by atoms with Crippen molar-refractivity contribution in [1.29, 1.82) is 5.41 Å². The summed E-state index contributed by atoms with van der Waals surface area (Å²) in [6.45, 7) is 2.28. The van der Waals surface area contributed by atoms with E-state index in [4.69, 9.17) is 5.41 Å². The van der Waals surface area contributed by atoms with Crippen molar-refractivity contribution in [2.45, 2.75) is 18.6 Å². The smallest absolute Gasteiger partial charge is 0.349 e. The molecule has 11 heteroatoms. The zero-order valence-electron chi connectivity index (χ0n) is 18.8. The van der Waals surface area contributed by atoms with Gasteiger partial charge in [0.15, 0.2) is 5.54 Å². The van der Waals surface area contributed by atoms with Crippen LogP contribution < -0.4 is 21.3 Å². The lowest BCUT2D eigenvalue weighted by Gasteiger charge is -2.29. The molecule has 5 N–H and O–H groups in total. The Labute approximate surface area is 199 Å². The Bertz CT molecular complexity index is 1160. The van der Waals surface area contributed by atoms with Crippen LogP contribution in [0.15, 0.2) is 60.2 Å². The number of carbonyl (C=O) groups excluding carboxylic acids is 3. The number of allylic oxidation sites excluding steroid dienone is 1. The summed E-state index contributed by atoms with van der Waals surface area (Å²) in [5.74, 6) is -1.27. The molecule has 2 aromatic carbocycles. The maximum absolute atomic E-state index is 13.1. The number of amides is 4. The number of urea groups is 1. The average molecular weight is 487 g/mol. The zero-order valence-corrected chi connectivity index (χ0v) is 18.8. The molecule has 3 rings (SSSR count). The number of alkyl halides is 3. The van der Waals surface area contributed by atoms with E-state index in [0.29, 0.717) is 23.2 Å². The number of carbonyl (C=O) groups is 3. The minimum Gasteiger partial charge on any atom is -0.349 e. The molecule has 4 amide bonds. The number of imide groups is 1. The third-order valence-electron chi connectivity index (χ3n) is 5.55. The molecule has 0 radical (unpaired) electrons. The number of rotatable bonds is 9. The van der Waals surface area contributed by atoms with E-state index >= 15 is 0 Å². The summed E-state index contributed by atoms with van der Waals surface area (Å²) in [5.41, 5.74) is -1.07. The highest BCUT2D eigenvalue weighted by Gasteiger charge is 2.49. The van der Waals surface area contributed by atoms with Gasteiger partial charge in [0.2, 0.25) is 0 Å². The lowest BCUT2D eigenvalue weighted by atomic mass is 9.88. The summed E-state index contributed by atoms with van der Waals surface area (Å²) in [5, 5.41) is 17.8. The molecule has 1 saturated heterocycles. The van der Waals surface area contributed by atoms with E-state index in [2.05, 4.69) is 21.3 Å². The quantitative estimate of drug-likeness (QED) is 0.276. The molecule has 1 unspecified atom stereocenters. The number of halogens is 3. The van der Waals surface area contributed by atoms with Crippen molar-refractivity contribution in [3.8, 4) is 11.1 Å². The van der Waals surface area contributed by atoms with Crippen LogP contribution in [0.4, 0.5) is 18.0 Å². The second-order valence-corrected chi connectivity index (χ2v) is 7.76. The van der Waals surface area contributed by atoms with Crippen molar-refractivity contribution in [2.24, 2.45) is 0 Å². The lowest BCUT2D eigenvalue weighted by molar-refractivity contribution is -0.137. The molecule has 35 heavy (non-hydrogen) atoms. The fraction of sp³-hybridized carbons (Fsp3) is 0.250. The van der Waals surface area contributed by atoms with Crippen molar-refractivity contribution in [3.63, 3.8) is 0 Å². The van der Waals surface area contributed by atoms with Gasteiger partial charge in [-0.1, -0.05) is 37.3 Å². The summed E-state index contributed by atoms with van der Waals surface area (Å²) in [6.07, 6.45) is -2.13. The van der Waals surface area contributed by atoms with Crippen molar-refractivity contribution in [2.75, 3.05) is 19.6 Å². The lowest BCUT2D eigenvalue weighted by Crippen LogP contribution is -2.58. The Morgan fingerprint density at radius 2 is 1.80 bits per heavy atom. The molecule has 0 spiro atoms. The van der Waals surface area contributed by atoms with E-state index in [1.165, 1.54) is 24.3 Å². The van der Waals surface area contributed by atoms with Gasteiger partial charge < -0.3 is 21.4 Å². The number of likely N-dealkylation sites (N-methyl/N-ethyl adjacent to an activating group) is 1. The van der Waals surface area contributed by atoms with Gasteiger partial charge in [0.05, 0.1) is 12.1 Å². The Balaban J connectivity index is 1.89. The molecule has 2 aromatic rings. The number of benzene rings is 2. The standard InChI is InChI=1S/C24H24F3N5O3/c1-2-29-13-17(11-12-28)23(21(34)31-22(35)32-23)14-30-20(33)19-6-4-3-5-18(19)15-7-9-16(10-8-15)24(25,26)27/h3-12,28-29H,2,13-14H2,1H3,(H,30,33)(H2,31,32,34,35)/b17-11+,28-12?. The van der Waals surface area contributed by atoms with Gasteiger partial charge in [0, 0.05) is 18.3 Å². The van der Waals surface area contributed by atoms with Crippen LogP contribution in [0, 0.1) is 5.41 Å². The van der Waals surface area contributed by atoms with Crippen LogP contribution in [0.1, 0.15) is 22.8 Å². The summed E-state index contributed by atoms with van der Waals surface area (Å²) < 4.78 is 38.8. The average Bonchev–Trinajstić information content (AvgIpc) is 3.13. The minimum absolute atomic E-state index is 0.177. The molecule has 1 fully saturated rings. The Kier molecular flexibility index (Phi) is 7.70. The first-order valence-corrected chi connectivity index (χ1v) is 10.7. The van der Waals surface area contributed by atoms with E-state index in [1.54, 1.807) is 18.2 Å². The molecule has 8 nitrogen and oxygen atoms in total. The molecule has 0 aliphatic carbocycles. The summed E-state index contributed by atoms with van der Waals surface area (Å²) in [4.78, 5) is 37.8. The SMILES string of the molecule is CCNC/C(=C\C=N)C1(CNC(=O)c2ccccc2-c2ccc(C(F)(F)F)cc2)NC(=O)NC1=O. The normalized spacial score (nSPS) is 18.1. The molecule has 184 valence electrons. The Hall–Kier alpha value is -3.99. The van der Waals surface area contributed by atoms with E-state index in [0.717, 1.165) is 18.3 Å². The predicted octanol–water partition coefficient (Wildman–Crippen LogP) is 2.87. The highest BCUT2D eigenvalue weighted by molar-refractivity contribution is 6.10. The second-order valence-electron chi connectivity index (χ2n) is 7.76. The first-order valence-electron chi connectivity index (χ1n) is 10.7. The van der Waals surface area contributed by atoms with Gasteiger partial charge in [0.1, 0.15) is 0 Å². The molecular formula is C24H24F3N5O3. The van der Waals surface area contributed by atoms with Gasteiger partial charge in [-0.05, 0) is 47.5 Å². The molecule has 0 aromatic heterocycles. The molecule has 0 bridgehead atoms. The third kappa shape index (κ3) is 5.57. The van der Waals surface area contributed by atoms with Gasteiger partial charge in [0.25, 0.3) is 11.8 Å². The number of nitrogens with one attached hydrogen (secondary N) is 5. The predicted molar refractivity (Wildman–Crippen MR) is 124 cm³/mol. The summed E-state index contributed by atoms with van der Waals surface area (Å²) >= 11 is 0. The second kappa shape index (κ2) is 10.5. The highest BCUT2D eigenvalue weighted by Crippen LogP contribution is 2.32. The summed E-state index contributed by atoms with van der Waals surface area (Å²) in [6, 6.07) is 10.1. The van der Waals surface area contributed by atoms with Crippen LogP contribution in [0.5, 0.6) is 0 Å². The van der Waals surface area contributed by atoms with Crippen molar-refractivity contribution in [1.82, 2.24) is 21.3 Å². The van der Waals surface area contributed by atoms with E-state index < -0.39 is 35.1 Å². The first kappa shape index (κ1) is 25.6. The Morgan fingerprint density at radius 3 is 2.37 bits per heavy atom. The maximum atomic E-state index is 13.1. The fourth-order valence-electron chi connectivity index (χ4n) is 3.75. The molecule has 1 atom stereocenters. The van der Waals surface area contributed by atoms with Crippen LogP contribution >= 0.6 is 0 Å². The van der Waals surface area contributed by atoms with Gasteiger partial charge in [-0.2, -0.15) is 13.2 Å². The third-order valence-corrected chi connectivity index (χ3v) is 5.55. The van der Waals surface area contributed by atoms with Crippen LogP contribution in [0.2, 0.25) is 0 Å². The van der Waals surface area contributed by atoms with Gasteiger partial charge in [-0.15, -0.1) is 0 Å². The number of hydrogen-bond donors (Lipinski definition) is 5. The van der Waals surface area contributed by atoms with Gasteiger partial charge in [-0.25, -0.2) is 4.79 Å². The minimum atomic E-state index is -4.48. The molecule has 1 aliphatic rings. The monoisotopic (exact) mass is 487 g/mol. The molecule has 1 heterocycles. The molecule has 0 saturated carbocycles. The number of hydrogen-bond acceptors (Lipinski definition) is 5. The Morgan fingerprint density at radius 1 is 1.11 bits per heavy atom. The topological polar surface area (TPSA) is 123 Å². The van der Waals surface area contributed by atoms with Crippen molar-refractivity contribution < 1.29 is 27.6 Å². The summed E-state index contributed by atoms with van der Waals surface area (Å²) in [7, 11) is 0. The fourth-order valence-corrected chi connectivity index (χ4v) is 3.75. The van der Waals surface area contributed by atoms with E-state index in [1.807, 2.05) is 6.92 Å².